The van der Waals surface area contributed by atoms with Crippen LogP contribution in [0.15, 0.2) is 84.9 Å². The summed E-state index contributed by atoms with van der Waals surface area (Å²) in [6.07, 6.45) is 4.37. The summed E-state index contributed by atoms with van der Waals surface area (Å²) in [6, 6.07) is 26.1. The Morgan fingerprint density at radius 2 is 1.39 bits per heavy atom. The Hall–Kier alpha value is -3.24. The molecular formula is C29H29NO3. The molecule has 0 aromatic heterocycles. The first-order valence-electron chi connectivity index (χ1n) is 11.9. The molecule has 33 heavy (non-hydrogen) atoms. The molecule has 4 nitrogen and oxygen atoms in total. The number of carbonyl (C=O) groups excluding carboxylic acids is 2. The average molecular weight is 440 g/mol. The van der Waals surface area contributed by atoms with Crippen LogP contribution in [-0.2, 0) is 5.60 Å². The highest BCUT2D eigenvalue weighted by molar-refractivity contribution is 6.15. The fraction of sp³-hybridized carbons (Fsp3) is 0.310. The van der Waals surface area contributed by atoms with Gasteiger partial charge < -0.3 is 10.0 Å². The minimum atomic E-state index is -0.928. The molecule has 4 heteroatoms. The molecule has 1 saturated carbocycles. The Morgan fingerprint density at radius 1 is 0.788 bits per heavy atom. The zero-order chi connectivity index (χ0) is 22.8. The van der Waals surface area contributed by atoms with Crippen LogP contribution in [0.2, 0.25) is 0 Å². The third-order valence-corrected chi connectivity index (χ3v) is 7.45. The Labute approximate surface area is 194 Å². The number of benzene rings is 3. The van der Waals surface area contributed by atoms with Gasteiger partial charge in [0.25, 0.3) is 5.91 Å². The van der Waals surface area contributed by atoms with Crippen molar-refractivity contribution in [3.63, 3.8) is 0 Å². The summed E-state index contributed by atoms with van der Waals surface area (Å²) in [7, 11) is 0. The van der Waals surface area contributed by atoms with Crippen molar-refractivity contribution in [2.45, 2.75) is 43.7 Å². The van der Waals surface area contributed by atoms with Crippen molar-refractivity contribution in [1.29, 1.82) is 0 Å². The standard InChI is InChI=1S/C29H29NO3/c31-27(21-11-3-1-4-12-21)23-15-7-8-16-24(23)28(32)30-20-19-29(33,22-13-5-2-6-14-22)25-17-9-10-18-26(25)30/h1-8,11-16,25-26,33H,9-10,17-20H2/t25-,26+,29?/m0/s1. The highest BCUT2D eigenvalue weighted by Crippen LogP contribution is 2.47. The molecular weight excluding hydrogens is 410 g/mol. The van der Waals surface area contributed by atoms with E-state index in [4.69, 9.17) is 0 Å². The van der Waals surface area contributed by atoms with Gasteiger partial charge >= 0.3 is 0 Å². The van der Waals surface area contributed by atoms with Gasteiger partial charge in [0.2, 0.25) is 0 Å². The number of rotatable bonds is 4. The number of aliphatic hydroxyl groups is 1. The average Bonchev–Trinajstić information content (AvgIpc) is 2.89. The summed E-state index contributed by atoms with van der Waals surface area (Å²) in [4.78, 5) is 29.0. The molecule has 5 rings (SSSR count). The van der Waals surface area contributed by atoms with E-state index in [0.717, 1.165) is 31.2 Å². The maximum absolute atomic E-state index is 13.9. The predicted octanol–water partition coefficient (Wildman–Crippen LogP) is 5.21. The van der Waals surface area contributed by atoms with Crippen LogP contribution in [0.4, 0.5) is 0 Å². The highest BCUT2D eigenvalue weighted by Gasteiger charge is 2.50. The summed E-state index contributed by atoms with van der Waals surface area (Å²) in [5.41, 5.74) is 1.47. The first kappa shape index (κ1) is 21.6. The summed E-state index contributed by atoms with van der Waals surface area (Å²) in [5.74, 6) is -0.261. The summed E-state index contributed by atoms with van der Waals surface area (Å²) < 4.78 is 0. The maximum atomic E-state index is 13.9. The molecule has 2 aliphatic rings. The number of hydrogen-bond acceptors (Lipinski definition) is 3. The quantitative estimate of drug-likeness (QED) is 0.568. The van der Waals surface area contributed by atoms with Gasteiger partial charge in [-0.15, -0.1) is 0 Å². The molecule has 1 aliphatic carbocycles. The number of ketones is 1. The lowest BCUT2D eigenvalue weighted by molar-refractivity contribution is -0.110. The largest absolute Gasteiger partial charge is 0.385 e. The zero-order valence-electron chi connectivity index (χ0n) is 18.7. The fourth-order valence-electron chi connectivity index (χ4n) is 5.79. The third-order valence-electron chi connectivity index (χ3n) is 7.45. The number of piperidine rings is 1. The molecule has 1 amide bonds. The van der Waals surface area contributed by atoms with E-state index < -0.39 is 5.60 Å². The van der Waals surface area contributed by atoms with Crippen molar-refractivity contribution in [1.82, 2.24) is 4.90 Å². The molecule has 0 spiro atoms. The van der Waals surface area contributed by atoms with Crippen LogP contribution in [-0.4, -0.2) is 34.3 Å². The van der Waals surface area contributed by atoms with Gasteiger partial charge in [0.05, 0.1) is 11.2 Å². The van der Waals surface area contributed by atoms with Crippen LogP contribution in [0.5, 0.6) is 0 Å². The van der Waals surface area contributed by atoms with Crippen molar-refractivity contribution < 1.29 is 14.7 Å². The topological polar surface area (TPSA) is 57.6 Å². The van der Waals surface area contributed by atoms with E-state index in [1.54, 1.807) is 30.3 Å². The maximum Gasteiger partial charge on any atom is 0.254 e. The van der Waals surface area contributed by atoms with Crippen LogP contribution in [0, 0.1) is 5.92 Å². The number of likely N-dealkylation sites (tertiary alicyclic amines) is 1. The Balaban J connectivity index is 1.48. The van der Waals surface area contributed by atoms with Gasteiger partial charge in [-0.05, 0) is 30.9 Å². The zero-order valence-corrected chi connectivity index (χ0v) is 18.7. The molecule has 3 atom stereocenters. The lowest BCUT2D eigenvalue weighted by atomic mass is 9.66. The van der Waals surface area contributed by atoms with E-state index in [1.165, 1.54) is 0 Å². The minimum absolute atomic E-state index is 0.0108. The smallest absolute Gasteiger partial charge is 0.254 e. The predicted molar refractivity (Wildman–Crippen MR) is 128 cm³/mol. The Bertz CT molecular complexity index is 1140. The highest BCUT2D eigenvalue weighted by atomic mass is 16.3. The SMILES string of the molecule is O=C(c1ccccc1)c1ccccc1C(=O)N1CCC(O)(c2ccccc2)[C@H]2CCCC[C@H]21. The van der Waals surface area contributed by atoms with Gasteiger partial charge in [-0.2, -0.15) is 0 Å². The number of amides is 1. The Kier molecular flexibility index (Phi) is 5.86. The van der Waals surface area contributed by atoms with E-state index >= 15 is 0 Å². The van der Waals surface area contributed by atoms with Gasteiger partial charge in [0.1, 0.15) is 0 Å². The van der Waals surface area contributed by atoms with Gasteiger partial charge in [-0.3, -0.25) is 9.59 Å². The monoisotopic (exact) mass is 439 g/mol. The van der Waals surface area contributed by atoms with Crippen LogP contribution in [0.25, 0.3) is 0 Å². The summed E-state index contributed by atoms with van der Waals surface area (Å²) >= 11 is 0. The fourth-order valence-corrected chi connectivity index (χ4v) is 5.79. The molecule has 0 radical (unpaired) electrons. The first-order chi connectivity index (χ1) is 16.1. The van der Waals surface area contributed by atoms with Gasteiger partial charge in [0.15, 0.2) is 5.78 Å². The van der Waals surface area contributed by atoms with Crippen molar-refractivity contribution in [2.24, 2.45) is 5.92 Å². The van der Waals surface area contributed by atoms with Crippen LogP contribution in [0.3, 0.4) is 0 Å². The second-order valence-electron chi connectivity index (χ2n) is 9.24. The van der Waals surface area contributed by atoms with Crippen LogP contribution >= 0.6 is 0 Å². The third kappa shape index (κ3) is 3.89. The normalized spacial score (nSPS) is 24.7. The number of hydrogen-bond donors (Lipinski definition) is 1. The molecule has 1 unspecified atom stereocenters. The van der Waals surface area contributed by atoms with Gasteiger partial charge in [0, 0.05) is 29.6 Å². The number of nitrogens with zero attached hydrogens (tertiary/aromatic N) is 1. The molecule has 0 bridgehead atoms. The van der Waals surface area contributed by atoms with E-state index in [9.17, 15) is 14.7 Å². The van der Waals surface area contributed by atoms with Crippen LogP contribution in [0.1, 0.15) is 63.9 Å². The van der Waals surface area contributed by atoms with E-state index in [-0.39, 0.29) is 23.7 Å². The van der Waals surface area contributed by atoms with Crippen molar-refractivity contribution in [2.75, 3.05) is 6.54 Å². The molecule has 3 aromatic rings. The van der Waals surface area contributed by atoms with E-state index in [1.807, 2.05) is 59.5 Å². The molecule has 1 aliphatic heterocycles. The second kappa shape index (κ2) is 8.95. The van der Waals surface area contributed by atoms with Crippen LogP contribution < -0.4 is 0 Å². The molecule has 3 aromatic carbocycles. The van der Waals surface area contributed by atoms with Gasteiger partial charge in [-0.1, -0.05) is 91.7 Å². The van der Waals surface area contributed by atoms with E-state index in [0.29, 0.717) is 29.7 Å². The lowest BCUT2D eigenvalue weighted by Crippen LogP contribution is -2.59. The summed E-state index contributed by atoms with van der Waals surface area (Å²) in [5, 5.41) is 11.8. The number of fused-ring (bicyclic) bond motifs is 1. The van der Waals surface area contributed by atoms with Crippen molar-refractivity contribution in [3.05, 3.63) is 107 Å². The molecule has 1 N–H and O–H groups in total. The molecule has 1 saturated heterocycles. The number of carbonyl (C=O) groups is 2. The molecule has 168 valence electrons. The Morgan fingerprint density at radius 3 is 2.12 bits per heavy atom. The van der Waals surface area contributed by atoms with Gasteiger partial charge in [-0.25, -0.2) is 0 Å². The minimum Gasteiger partial charge on any atom is -0.385 e. The van der Waals surface area contributed by atoms with Crippen molar-refractivity contribution in [3.8, 4) is 0 Å². The van der Waals surface area contributed by atoms with E-state index in [2.05, 4.69) is 0 Å². The second-order valence-corrected chi connectivity index (χ2v) is 9.24. The molecule has 2 fully saturated rings. The van der Waals surface area contributed by atoms with Crippen molar-refractivity contribution >= 4 is 11.7 Å². The first-order valence-corrected chi connectivity index (χ1v) is 11.9. The lowest BCUT2D eigenvalue weighted by Gasteiger charge is -2.52. The molecule has 1 heterocycles. The summed E-state index contributed by atoms with van der Waals surface area (Å²) in [6.45, 7) is 0.471.